The number of esters is 1. The van der Waals surface area contributed by atoms with Crippen molar-refractivity contribution in [2.75, 3.05) is 10.7 Å². The number of thiophene rings is 1. The Kier molecular flexibility index (Phi) is 9.21. The van der Waals surface area contributed by atoms with Crippen molar-refractivity contribution in [1.29, 1.82) is 0 Å². The minimum absolute atomic E-state index is 0.0590. The zero-order chi connectivity index (χ0) is 32.1. The van der Waals surface area contributed by atoms with Gasteiger partial charge in [-0.15, -0.1) is 16.4 Å². The van der Waals surface area contributed by atoms with E-state index < -0.39 is 29.4 Å². The van der Waals surface area contributed by atoms with Crippen LogP contribution in [0.15, 0.2) is 79.1 Å². The number of carbonyl (C=O) groups excluding carboxylic acids is 4. The van der Waals surface area contributed by atoms with Crippen molar-refractivity contribution in [3.63, 3.8) is 0 Å². The zero-order valence-electron chi connectivity index (χ0n) is 24.4. The highest BCUT2D eigenvalue weighted by Gasteiger charge is 2.32. The first-order valence-electron chi connectivity index (χ1n) is 13.7. The molecule has 5 rings (SSSR count). The van der Waals surface area contributed by atoms with Crippen LogP contribution in [-0.2, 0) is 25.5 Å². The average Bonchev–Trinajstić information content (AvgIpc) is 3.69. The number of aromatic nitrogens is 4. The van der Waals surface area contributed by atoms with Crippen molar-refractivity contribution < 1.29 is 23.9 Å². The summed E-state index contributed by atoms with van der Waals surface area (Å²) in [6.45, 7) is 5.39. The summed E-state index contributed by atoms with van der Waals surface area (Å²) < 4.78 is 7.66. The van der Waals surface area contributed by atoms with Crippen LogP contribution in [0.3, 0.4) is 0 Å². The molecule has 0 saturated carbocycles. The number of anilines is 2. The summed E-state index contributed by atoms with van der Waals surface area (Å²) >= 11 is 7.55. The Morgan fingerprint density at radius 3 is 2.53 bits per heavy atom. The van der Waals surface area contributed by atoms with Crippen LogP contribution in [0.5, 0.6) is 0 Å². The van der Waals surface area contributed by atoms with Crippen molar-refractivity contribution in [3.05, 3.63) is 94.6 Å². The van der Waals surface area contributed by atoms with E-state index in [-0.39, 0.29) is 18.4 Å². The van der Waals surface area contributed by atoms with E-state index in [2.05, 4.69) is 26.3 Å². The number of amides is 2. The third kappa shape index (κ3) is 7.69. The maximum atomic E-state index is 14.0. The van der Waals surface area contributed by atoms with Gasteiger partial charge in [0.2, 0.25) is 12.2 Å². The van der Waals surface area contributed by atoms with Crippen molar-refractivity contribution in [3.8, 4) is 5.69 Å². The minimum atomic E-state index is -1.21. The highest BCUT2D eigenvalue weighted by Crippen LogP contribution is 2.30. The SMILES string of the molecule is CC(C)(C)OC(=O)c1cc2cc(NC(=O)C(Cc3ccccc3)N(Nc3cc(Cl)ccc3-n3cnnn3)C(=O)C=O)ccc2s1. The Labute approximate surface area is 266 Å². The second-order valence-electron chi connectivity index (χ2n) is 10.9. The van der Waals surface area contributed by atoms with Crippen LogP contribution < -0.4 is 10.7 Å². The van der Waals surface area contributed by atoms with E-state index in [1.165, 1.54) is 28.4 Å². The lowest BCUT2D eigenvalue weighted by Gasteiger charge is -2.31. The fraction of sp³-hybridized carbons (Fsp3) is 0.194. The van der Waals surface area contributed by atoms with Crippen LogP contribution in [0.1, 0.15) is 36.0 Å². The summed E-state index contributed by atoms with van der Waals surface area (Å²) in [5, 5.41) is 16.1. The van der Waals surface area contributed by atoms with E-state index in [9.17, 15) is 19.2 Å². The van der Waals surface area contributed by atoms with Crippen LogP contribution in [0.2, 0.25) is 5.02 Å². The summed E-state index contributed by atoms with van der Waals surface area (Å²) in [6.07, 6.45) is 1.53. The molecule has 0 aliphatic heterocycles. The van der Waals surface area contributed by atoms with E-state index in [1.807, 2.05) is 30.3 Å². The van der Waals surface area contributed by atoms with Gasteiger partial charge in [0.15, 0.2) is 0 Å². The van der Waals surface area contributed by atoms with E-state index in [4.69, 9.17) is 16.3 Å². The Morgan fingerprint density at radius 1 is 1.07 bits per heavy atom. The topological polar surface area (TPSA) is 148 Å². The summed E-state index contributed by atoms with van der Waals surface area (Å²) in [6, 6.07) is 19.5. The van der Waals surface area contributed by atoms with Gasteiger partial charge in [-0.25, -0.2) is 9.80 Å². The molecule has 1 atom stereocenters. The number of aldehydes is 1. The molecule has 45 heavy (non-hydrogen) atoms. The van der Waals surface area contributed by atoms with Crippen molar-refractivity contribution in [2.24, 2.45) is 0 Å². The van der Waals surface area contributed by atoms with Crippen LogP contribution in [0.4, 0.5) is 11.4 Å². The highest BCUT2D eigenvalue weighted by atomic mass is 35.5. The van der Waals surface area contributed by atoms with Crippen LogP contribution >= 0.6 is 22.9 Å². The van der Waals surface area contributed by atoms with Crippen molar-refractivity contribution >= 4 is 68.5 Å². The molecule has 1 unspecified atom stereocenters. The molecule has 5 aromatic rings. The lowest BCUT2D eigenvalue weighted by molar-refractivity contribution is -0.141. The number of rotatable bonds is 10. The first-order valence-corrected chi connectivity index (χ1v) is 14.9. The van der Waals surface area contributed by atoms with Gasteiger partial charge < -0.3 is 10.1 Å². The molecule has 14 heteroatoms. The Morgan fingerprint density at radius 2 is 1.84 bits per heavy atom. The Bertz CT molecular complexity index is 1860. The Balaban J connectivity index is 1.48. The number of tetrazole rings is 1. The molecule has 2 heterocycles. The standard InChI is InChI=1S/C31H28ClN7O5S/c1-31(2,3)44-30(43)27-15-20-14-22(10-12-26(20)45-27)34-29(42)25(13-19-7-5-4-6-8-19)39(28(41)17-40)35-23-16-21(32)9-11-24(23)38-18-33-36-37-38/h4-12,14-18,25,35H,13H2,1-3H3,(H,34,42). The fourth-order valence-electron chi connectivity index (χ4n) is 4.46. The van der Waals surface area contributed by atoms with Crippen LogP contribution in [-0.4, -0.2) is 60.9 Å². The van der Waals surface area contributed by atoms with Crippen molar-refractivity contribution in [2.45, 2.75) is 38.8 Å². The molecular weight excluding hydrogens is 618 g/mol. The number of ether oxygens (including phenoxy) is 1. The number of hydrogen-bond donors (Lipinski definition) is 2. The number of nitrogens with one attached hydrogen (secondary N) is 2. The van der Waals surface area contributed by atoms with E-state index >= 15 is 0 Å². The number of hydrazine groups is 1. The second-order valence-corrected chi connectivity index (χ2v) is 12.4. The van der Waals surface area contributed by atoms with E-state index in [0.717, 1.165) is 20.7 Å². The van der Waals surface area contributed by atoms with E-state index in [0.29, 0.717) is 21.3 Å². The molecule has 0 bridgehead atoms. The molecule has 3 aromatic carbocycles. The van der Waals surface area contributed by atoms with Crippen molar-refractivity contribution in [1.82, 2.24) is 25.2 Å². The monoisotopic (exact) mass is 645 g/mol. The van der Waals surface area contributed by atoms with Gasteiger partial charge in [0.1, 0.15) is 22.8 Å². The van der Waals surface area contributed by atoms with Gasteiger partial charge in [-0.05, 0) is 84.6 Å². The smallest absolute Gasteiger partial charge is 0.348 e. The predicted molar refractivity (Wildman–Crippen MR) is 170 cm³/mol. The number of hydrogen-bond acceptors (Lipinski definition) is 10. The lowest BCUT2D eigenvalue weighted by atomic mass is 10.0. The molecule has 0 aliphatic carbocycles. The molecule has 0 spiro atoms. The van der Waals surface area contributed by atoms with Gasteiger partial charge in [0.25, 0.3) is 0 Å². The molecule has 230 valence electrons. The highest BCUT2D eigenvalue weighted by molar-refractivity contribution is 7.20. The summed E-state index contributed by atoms with van der Waals surface area (Å²) in [5.74, 6) is -2.01. The molecule has 0 saturated heterocycles. The molecule has 12 nitrogen and oxygen atoms in total. The third-order valence-corrected chi connectivity index (χ3v) is 7.73. The molecule has 2 aromatic heterocycles. The molecule has 0 radical (unpaired) electrons. The van der Waals surface area contributed by atoms with Gasteiger partial charge in [-0.3, -0.25) is 19.8 Å². The normalized spacial score (nSPS) is 11.9. The van der Waals surface area contributed by atoms with Gasteiger partial charge >= 0.3 is 11.9 Å². The first-order chi connectivity index (χ1) is 21.5. The number of fused-ring (bicyclic) bond motifs is 1. The molecule has 0 fully saturated rings. The second kappa shape index (κ2) is 13.2. The Hall–Kier alpha value is -5.14. The summed E-state index contributed by atoms with van der Waals surface area (Å²) in [5.41, 5.74) is 4.13. The van der Waals surface area contributed by atoms with Gasteiger partial charge in [0.05, 0.1) is 11.4 Å². The molecule has 2 N–H and O–H groups in total. The molecular formula is C31H28ClN7O5S. The first kappa shape index (κ1) is 31.3. The summed E-state index contributed by atoms with van der Waals surface area (Å²) in [7, 11) is 0. The quantitative estimate of drug-likeness (QED) is 0.0917. The summed E-state index contributed by atoms with van der Waals surface area (Å²) in [4.78, 5) is 52.0. The fourth-order valence-corrected chi connectivity index (χ4v) is 5.55. The zero-order valence-corrected chi connectivity index (χ0v) is 26.0. The van der Waals surface area contributed by atoms with Crippen LogP contribution in [0, 0.1) is 0 Å². The maximum Gasteiger partial charge on any atom is 0.348 e. The molecule has 0 aliphatic rings. The number of nitrogens with zero attached hydrogens (tertiary/aromatic N) is 5. The van der Waals surface area contributed by atoms with Gasteiger partial charge in [-0.1, -0.05) is 41.9 Å². The number of halogens is 1. The van der Waals surface area contributed by atoms with Gasteiger partial charge in [-0.2, -0.15) is 4.68 Å². The van der Waals surface area contributed by atoms with E-state index in [1.54, 1.807) is 57.2 Å². The maximum absolute atomic E-state index is 14.0. The third-order valence-electron chi connectivity index (χ3n) is 6.40. The molecule has 2 amide bonds. The minimum Gasteiger partial charge on any atom is -0.456 e. The lowest BCUT2D eigenvalue weighted by Crippen LogP contribution is -2.52. The number of carbonyl (C=O) groups is 4. The largest absolute Gasteiger partial charge is 0.456 e. The van der Waals surface area contributed by atoms with Gasteiger partial charge in [0, 0.05) is 21.8 Å². The average molecular weight is 646 g/mol. The predicted octanol–water partition coefficient (Wildman–Crippen LogP) is 5.09. The number of benzene rings is 3. The van der Waals surface area contributed by atoms with Crippen LogP contribution in [0.25, 0.3) is 15.8 Å².